The van der Waals surface area contributed by atoms with Gasteiger partial charge in [-0.05, 0) is 73.8 Å². The van der Waals surface area contributed by atoms with Crippen molar-refractivity contribution in [1.29, 1.82) is 5.26 Å². The van der Waals surface area contributed by atoms with Gasteiger partial charge in [0.05, 0.1) is 11.6 Å². The molecule has 8 aromatic rings. The highest BCUT2D eigenvalue weighted by molar-refractivity contribution is 5.93. The molecule has 0 spiro atoms. The monoisotopic (exact) mass is 678 g/mol. The van der Waals surface area contributed by atoms with Crippen LogP contribution in [-0.2, 0) is 5.41 Å². The van der Waals surface area contributed by atoms with Crippen molar-refractivity contribution in [2.24, 2.45) is 0 Å². The lowest BCUT2D eigenvalue weighted by molar-refractivity contribution is 0.660. The topological polar surface area (TPSA) is 62.5 Å². The Hall–Kier alpha value is -6.96. The Morgan fingerprint density at radius 1 is 0.396 bits per heavy atom. The third-order valence-corrected chi connectivity index (χ3v) is 10.4. The molecule has 7 aromatic carbocycles. The molecule has 0 saturated heterocycles. The smallest absolute Gasteiger partial charge is 0.164 e. The molecule has 1 aromatic heterocycles. The first-order chi connectivity index (χ1) is 26.0. The van der Waals surface area contributed by atoms with Crippen molar-refractivity contribution in [1.82, 2.24) is 15.0 Å². The molecule has 0 aliphatic heterocycles. The quantitative estimate of drug-likeness (QED) is 0.176. The molecule has 0 amide bonds. The van der Waals surface area contributed by atoms with E-state index in [-0.39, 0.29) is 5.41 Å². The van der Waals surface area contributed by atoms with E-state index in [0.29, 0.717) is 23.0 Å². The van der Waals surface area contributed by atoms with Gasteiger partial charge in [-0.3, -0.25) is 0 Å². The maximum absolute atomic E-state index is 9.69. The summed E-state index contributed by atoms with van der Waals surface area (Å²) in [5.41, 5.74) is 14.9. The van der Waals surface area contributed by atoms with Crippen LogP contribution in [0.25, 0.3) is 78.7 Å². The first kappa shape index (κ1) is 32.0. The van der Waals surface area contributed by atoms with E-state index in [1.54, 1.807) is 0 Å². The molecule has 0 radical (unpaired) electrons. The second kappa shape index (κ2) is 13.0. The minimum absolute atomic E-state index is 0.145. The summed E-state index contributed by atoms with van der Waals surface area (Å²) < 4.78 is 0. The standard InChI is InChI=1S/C49H34N4/c1-49(2)43-28-23-32(31-50)29-42(43)45-40(21-12-22-44(45)49)35-26-24-33(25-27-35)37-17-11-18-38(30-37)47-51-46(36-15-7-4-8-16-36)52-48(53-47)41-20-10-9-19-39(41)34-13-5-3-6-14-34/h3-30H,1-2H3. The number of nitriles is 1. The number of nitrogens with zero attached hydrogens (tertiary/aromatic N) is 4. The Morgan fingerprint density at radius 3 is 1.68 bits per heavy atom. The predicted molar refractivity (Wildman–Crippen MR) is 215 cm³/mol. The SMILES string of the molecule is CC1(C)c2ccc(C#N)cc2-c2c(-c3ccc(-c4cccc(-c5nc(-c6ccccc6)nc(-c6ccccc6-c6ccccc6)n5)c4)cc3)cccc21. The van der Waals surface area contributed by atoms with Crippen molar-refractivity contribution in [2.75, 3.05) is 0 Å². The largest absolute Gasteiger partial charge is 0.208 e. The van der Waals surface area contributed by atoms with Crippen LogP contribution in [-0.4, -0.2) is 15.0 Å². The number of fused-ring (bicyclic) bond motifs is 3. The zero-order valence-corrected chi connectivity index (χ0v) is 29.5. The minimum atomic E-state index is -0.145. The minimum Gasteiger partial charge on any atom is -0.208 e. The van der Waals surface area contributed by atoms with E-state index in [1.165, 1.54) is 22.3 Å². The van der Waals surface area contributed by atoms with E-state index in [1.807, 2.05) is 54.6 Å². The van der Waals surface area contributed by atoms with Gasteiger partial charge in [0.1, 0.15) is 0 Å². The number of hydrogen-bond donors (Lipinski definition) is 0. The number of benzene rings is 7. The fourth-order valence-corrected chi connectivity index (χ4v) is 7.68. The summed E-state index contributed by atoms with van der Waals surface area (Å²) in [5.74, 6) is 1.88. The average molecular weight is 679 g/mol. The maximum atomic E-state index is 9.69. The van der Waals surface area contributed by atoms with Gasteiger partial charge in [-0.1, -0.05) is 166 Å². The highest BCUT2D eigenvalue weighted by Gasteiger charge is 2.37. The second-order valence-corrected chi connectivity index (χ2v) is 14.0. The molecule has 4 nitrogen and oxygen atoms in total. The van der Waals surface area contributed by atoms with E-state index >= 15 is 0 Å². The zero-order chi connectivity index (χ0) is 35.9. The van der Waals surface area contributed by atoms with Crippen molar-refractivity contribution in [3.8, 4) is 84.7 Å². The molecule has 1 aliphatic rings. The lowest BCUT2D eigenvalue weighted by Gasteiger charge is -2.21. The Kier molecular flexibility index (Phi) is 7.83. The normalized spacial score (nSPS) is 12.5. The Labute approximate surface area is 309 Å². The predicted octanol–water partition coefficient (Wildman–Crippen LogP) is 12.1. The average Bonchev–Trinajstić information content (AvgIpc) is 3.46. The van der Waals surface area contributed by atoms with Gasteiger partial charge in [-0.25, -0.2) is 15.0 Å². The van der Waals surface area contributed by atoms with E-state index in [9.17, 15) is 5.26 Å². The number of hydrogen-bond acceptors (Lipinski definition) is 4. The third-order valence-electron chi connectivity index (χ3n) is 10.4. The lowest BCUT2D eigenvalue weighted by atomic mass is 9.82. The van der Waals surface area contributed by atoms with Crippen LogP contribution >= 0.6 is 0 Å². The molecule has 53 heavy (non-hydrogen) atoms. The van der Waals surface area contributed by atoms with Gasteiger partial charge in [0.25, 0.3) is 0 Å². The van der Waals surface area contributed by atoms with Crippen LogP contribution in [0.4, 0.5) is 0 Å². The molecule has 1 heterocycles. The Balaban J connectivity index is 1.11. The van der Waals surface area contributed by atoms with Crippen LogP contribution in [0.15, 0.2) is 170 Å². The van der Waals surface area contributed by atoms with Gasteiger partial charge < -0.3 is 0 Å². The van der Waals surface area contributed by atoms with E-state index in [4.69, 9.17) is 15.0 Å². The summed E-state index contributed by atoms with van der Waals surface area (Å²) >= 11 is 0. The van der Waals surface area contributed by atoms with Gasteiger partial charge in [-0.15, -0.1) is 0 Å². The van der Waals surface area contributed by atoms with E-state index < -0.39 is 0 Å². The third kappa shape index (κ3) is 5.69. The molecule has 250 valence electrons. The number of rotatable bonds is 6. The van der Waals surface area contributed by atoms with Crippen LogP contribution in [0.1, 0.15) is 30.5 Å². The van der Waals surface area contributed by atoms with Gasteiger partial charge >= 0.3 is 0 Å². The van der Waals surface area contributed by atoms with Crippen LogP contribution in [0.2, 0.25) is 0 Å². The van der Waals surface area contributed by atoms with Gasteiger partial charge in [0.15, 0.2) is 17.5 Å². The highest BCUT2D eigenvalue weighted by Crippen LogP contribution is 2.52. The molecular weight excluding hydrogens is 645 g/mol. The summed E-state index contributed by atoms with van der Waals surface area (Å²) in [6.07, 6.45) is 0. The van der Waals surface area contributed by atoms with Crippen molar-refractivity contribution < 1.29 is 0 Å². The summed E-state index contributed by atoms with van der Waals surface area (Å²) in [5, 5.41) is 9.69. The van der Waals surface area contributed by atoms with Crippen molar-refractivity contribution in [2.45, 2.75) is 19.3 Å². The molecule has 0 saturated carbocycles. The summed E-state index contributed by atoms with van der Waals surface area (Å²) in [4.78, 5) is 15.2. The summed E-state index contributed by atoms with van der Waals surface area (Å²) in [6, 6.07) is 60.9. The number of aromatic nitrogens is 3. The fraction of sp³-hybridized carbons (Fsp3) is 0.0612. The summed E-state index contributed by atoms with van der Waals surface area (Å²) in [6.45, 7) is 4.54. The van der Waals surface area contributed by atoms with Gasteiger partial charge in [0, 0.05) is 22.1 Å². The molecule has 0 bridgehead atoms. The molecular formula is C49H34N4. The molecule has 4 heteroatoms. The Bertz CT molecular complexity index is 2690. The molecule has 1 aliphatic carbocycles. The van der Waals surface area contributed by atoms with Gasteiger partial charge in [0.2, 0.25) is 0 Å². The zero-order valence-electron chi connectivity index (χ0n) is 29.5. The van der Waals surface area contributed by atoms with Crippen molar-refractivity contribution in [3.63, 3.8) is 0 Å². The fourth-order valence-electron chi connectivity index (χ4n) is 7.68. The van der Waals surface area contributed by atoms with Crippen LogP contribution in [0, 0.1) is 11.3 Å². The Morgan fingerprint density at radius 2 is 0.943 bits per heavy atom. The first-order valence-corrected chi connectivity index (χ1v) is 17.8. The van der Waals surface area contributed by atoms with Crippen LogP contribution in [0.5, 0.6) is 0 Å². The maximum Gasteiger partial charge on any atom is 0.164 e. The van der Waals surface area contributed by atoms with Gasteiger partial charge in [-0.2, -0.15) is 5.26 Å². The highest BCUT2D eigenvalue weighted by atomic mass is 15.0. The van der Waals surface area contributed by atoms with E-state index in [0.717, 1.165) is 50.1 Å². The van der Waals surface area contributed by atoms with Crippen molar-refractivity contribution in [3.05, 3.63) is 187 Å². The van der Waals surface area contributed by atoms with Crippen LogP contribution < -0.4 is 0 Å². The van der Waals surface area contributed by atoms with Crippen molar-refractivity contribution >= 4 is 0 Å². The first-order valence-electron chi connectivity index (χ1n) is 17.8. The molecule has 0 unspecified atom stereocenters. The van der Waals surface area contributed by atoms with E-state index in [2.05, 4.69) is 135 Å². The molecule has 0 N–H and O–H groups in total. The lowest BCUT2D eigenvalue weighted by Crippen LogP contribution is -2.14. The van der Waals surface area contributed by atoms with Crippen LogP contribution in [0.3, 0.4) is 0 Å². The molecule has 0 atom stereocenters. The summed E-state index contributed by atoms with van der Waals surface area (Å²) in [7, 11) is 0. The molecule has 9 rings (SSSR count). The molecule has 0 fully saturated rings. The second-order valence-electron chi connectivity index (χ2n) is 14.0.